The van der Waals surface area contributed by atoms with Crippen LogP contribution in [0.25, 0.3) is 33.3 Å². The number of aromatic nitrogens is 3. The molecule has 0 aliphatic carbocycles. The van der Waals surface area contributed by atoms with Gasteiger partial charge in [0, 0.05) is 23.9 Å². The van der Waals surface area contributed by atoms with Crippen LogP contribution in [0.3, 0.4) is 0 Å². The number of fused-ring (bicyclic) bond motifs is 1. The normalized spacial score (nSPS) is 11.1. The Labute approximate surface area is 190 Å². The minimum absolute atomic E-state index is 0.260. The minimum Gasteiger partial charge on any atom is -0.366 e. The molecule has 0 saturated carbocycles. The van der Waals surface area contributed by atoms with E-state index in [9.17, 15) is 4.39 Å². The van der Waals surface area contributed by atoms with Gasteiger partial charge in [0.1, 0.15) is 11.6 Å². The predicted molar refractivity (Wildman–Crippen MR) is 130 cm³/mol. The molecule has 0 bridgehead atoms. The van der Waals surface area contributed by atoms with Crippen LogP contribution in [0.1, 0.15) is 5.56 Å². The molecule has 3 aromatic carbocycles. The van der Waals surface area contributed by atoms with E-state index in [1.54, 1.807) is 18.3 Å². The zero-order valence-corrected chi connectivity index (χ0v) is 18.3. The number of imidazole rings is 1. The number of hydrogen-bond acceptors (Lipinski definition) is 4. The first-order chi connectivity index (χ1) is 15.7. The van der Waals surface area contributed by atoms with Crippen LogP contribution < -0.4 is 5.32 Å². The van der Waals surface area contributed by atoms with Gasteiger partial charge in [-0.05, 0) is 59.0 Å². The lowest BCUT2D eigenvalue weighted by atomic mass is 10.0. The van der Waals surface area contributed by atoms with Gasteiger partial charge in [0.25, 0.3) is 0 Å². The van der Waals surface area contributed by atoms with Crippen molar-refractivity contribution in [3.63, 3.8) is 0 Å². The number of nitrogens with zero attached hydrogens (tertiary/aromatic N) is 2. The number of hydrogen-bond donors (Lipinski definition) is 2. The van der Waals surface area contributed by atoms with E-state index >= 15 is 0 Å². The molecule has 0 unspecified atom stereocenters. The minimum atomic E-state index is -0.260. The lowest BCUT2D eigenvalue weighted by molar-refractivity contribution is 0.628. The van der Waals surface area contributed by atoms with Gasteiger partial charge < -0.3 is 10.3 Å². The number of pyridine rings is 1. The van der Waals surface area contributed by atoms with Crippen molar-refractivity contribution in [2.24, 2.45) is 0 Å². The van der Waals surface area contributed by atoms with Crippen LogP contribution in [0.15, 0.2) is 90.2 Å². The summed E-state index contributed by atoms with van der Waals surface area (Å²) in [6.07, 6.45) is 3.75. The number of rotatable bonds is 6. The Balaban J connectivity index is 1.45. The number of thioether (sulfide) groups is 1. The number of nitrogens with one attached hydrogen (secondary N) is 2. The molecule has 0 radical (unpaired) electrons. The van der Waals surface area contributed by atoms with Crippen molar-refractivity contribution in [2.75, 3.05) is 11.6 Å². The third-order valence-corrected chi connectivity index (χ3v) is 5.96. The molecular formula is C26H21FN4S. The summed E-state index contributed by atoms with van der Waals surface area (Å²) in [5.74, 6) is 0.512. The van der Waals surface area contributed by atoms with E-state index in [4.69, 9.17) is 4.98 Å². The summed E-state index contributed by atoms with van der Waals surface area (Å²) >= 11 is 1.54. The molecule has 6 heteroatoms. The van der Waals surface area contributed by atoms with Crippen molar-refractivity contribution >= 4 is 28.4 Å². The summed E-state index contributed by atoms with van der Waals surface area (Å²) in [5.41, 5.74) is 4.72. The number of benzene rings is 3. The van der Waals surface area contributed by atoms with Crippen molar-refractivity contribution < 1.29 is 4.39 Å². The van der Waals surface area contributed by atoms with Crippen LogP contribution in [0.2, 0.25) is 0 Å². The Morgan fingerprint density at radius 2 is 1.75 bits per heavy atom. The average Bonchev–Trinajstić information content (AvgIpc) is 3.28. The van der Waals surface area contributed by atoms with Gasteiger partial charge in [-0.1, -0.05) is 54.2 Å². The van der Waals surface area contributed by atoms with E-state index in [-0.39, 0.29) is 5.82 Å². The third-order valence-electron chi connectivity index (χ3n) is 5.38. The summed E-state index contributed by atoms with van der Waals surface area (Å²) in [5, 5.41) is 6.71. The molecule has 0 aliphatic heterocycles. The van der Waals surface area contributed by atoms with Crippen molar-refractivity contribution in [3.05, 3.63) is 96.4 Å². The van der Waals surface area contributed by atoms with Gasteiger partial charge in [-0.3, -0.25) is 0 Å². The Kier molecular flexibility index (Phi) is 5.60. The lowest BCUT2D eigenvalue weighted by Gasteiger charge is -2.10. The van der Waals surface area contributed by atoms with E-state index in [1.165, 1.54) is 40.2 Å². The van der Waals surface area contributed by atoms with Gasteiger partial charge in [0.05, 0.1) is 11.4 Å². The molecule has 2 heterocycles. The van der Waals surface area contributed by atoms with Crippen molar-refractivity contribution in [1.29, 1.82) is 0 Å². The lowest BCUT2D eigenvalue weighted by Crippen LogP contribution is -2.02. The fourth-order valence-electron chi connectivity index (χ4n) is 3.79. The Morgan fingerprint density at radius 1 is 0.938 bits per heavy atom. The van der Waals surface area contributed by atoms with Crippen LogP contribution in [-0.4, -0.2) is 21.2 Å². The summed E-state index contributed by atoms with van der Waals surface area (Å²) in [4.78, 5) is 12.6. The third kappa shape index (κ3) is 4.09. The second kappa shape index (κ2) is 8.85. The molecule has 2 aromatic heterocycles. The summed E-state index contributed by atoms with van der Waals surface area (Å²) in [7, 11) is 0. The van der Waals surface area contributed by atoms with E-state index in [2.05, 4.69) is 57.7 Å². The molecule has 0 fully saturated rings. The van der Waals surface area contributed by atoms with Gasteiger partial charge in [0.15, 0.2) is 5.16 Å². The first kappa shape index (κ1) is 20.3. The number of H-pyrrole nitrogens is 1. The van der Waals surface area contributed by atoms with E-state index < -0.39 is 0 Å². The molecule has 0 spiro atoms. The van der Waals surface area contributed by atoms with Gasteiger partial charge >= 0.3 is 0 Å². The molecule has 5 aromatic rings. The van der Waals surface area contributed by atoms with Crippen molar-refractivity contribution in [3.8, 4) is 22.5 Å². The second-order valence-corrected chi connectivity index (χ2v) is 8.19. The molecule has 32 heavy (non-hydrogen) atoms. The zero-order chi connectivity index (χ0) is 21.9. The zero-order valence-electron chi connectivity index (χ0n) is 17.5. The number of halogens is 1. The fourth-order valence-corrected chi connectivity index (χ4v) is 4.18. The maximum atomic E-state index is 13.4. The van der Waals surface area contributed by atoms with Gasteiger partial charge in [-0.15, -0.1) is 0 Å². The van der Waals surface area contributed by atoms with Crippen molar-refractivity contribution in [2.45, 2.75) is 11.7 Å². The molecule has 2 N–H and O–H groups in total. The second-order valence-electron chi connectivity index (χ2n) is 7.40. The maximum absolute atomic E-state index is 13.4. The number of anilines is 1. The van der Waals surface area contributed by atoms with Crippen LogP contribution >= 0.6 is 11.8 Å². The van der Waals surface area contributed by atoms with Gasteiger partial charge in [0.2, 0.25) is 0 Å². The molecule has 0 saturated heterocycles. The monoisotopic (exact) mass is 440 g/mol. The molecular weight excluding hydrogens is 419 g/mol. The van der Waals surface area contributed by atoms with Crippen LogP contribution in [-0.2, 0) is 6.54 Å². The van der Waals surface area contributed by atoms with Crippen LogP contribution in [0.4, 0.5) is 10.2 Å². The summed E-state index contributed by atoms with van der Waals surface area (Å²) in [6, 6.07) is 25.1. The average molecular weight is 441 g/mol. The topological polar surface area (TPSA) is 53.6 Å². The maximum Gasteiger partial charge on any atom is 0.166 e. The quantitative estimate of drug-likeness (QED) is 0.286. The molecule has 0 amide bonds. The highest BCUT2D eigenvalue weighted by Gasteiger charge is 2.15. The van der Waals surface area contributed by atoms with E-state index in [0.29, 0.717) is 6.54 Å². The summed E-state index contributed by atoms with van der Waals surface area (Å²) < 4.78 is 13.4. The molecule has 158 valence electrons. The highest BCUT2D eigenvalue weighted by atomic mass is 32.2. The molecule has 4 nitrogen and oxygen atoms in total. The Hall–Kier alpha value is -3.64. The predicted octanol–water partition coefficient (Wildman–Crippen LogP) is 6.77. The van der Waals surface area contributed by atoms with E-state index in [0.717, 1.165) is 33.5 Å². The smallest absolute Gasteiger partial charge is 0.166 e. The number of aromatic amines is 1. The van der Waals surface area contributed by atoms with Gasteiger partial charge in [-0.2, -0.15) is 0 Å². The first-order valence-electron chi connectivity index (χ1n) is 10.3. The van der Waals surface area contributed by atoms with E-state index in [1.807, 2.05) is 18.4 Å². The highest BCUT2D eigenvalue weighted by Crippen LogP contribution is 2.33. The molecule has 0 atom stereocenters. The van der Waals surface area contributed by atoms with Gasteiger partial charge in [-0.25, -0.2) is 14.4 Å². The Morgan fingerprint density at radius 3 is 2.59 bits per heavy atom. The molecule has 5 rings (SSSR count). The fraction of sp³-hybridized carbons (Fsp3) is 0.0769. The first-order valence-corrected chi connectivity index (χ1v) is 11.5. The highest BCUT2D eigenvalue weighted by molar-refractivity contribution is 7.98. The van der Waals surface area contributed by atoms with Crippen molar-refractivity contribution in [1.82, 2.24) is 15.0 Å². The van der Waals surface area contributed by atoms with Crippen LogP contribution in [0.5, 0.6) is 0 Å². The molecule has 0 aliphatic rings. The Bertz CT molecular complexity index is 1370. The standard InChI is InChI=1S/C26H21FN4S/c1-32-26-30-24(18-9-11-21(27)12-10-18)25(31-26)19-13-14-28-23(15-19)29-16-20-7-4-6-17-5-2-3-8-22(17)20/h2-15H,16H2,1H3,(H,28,29)(H,30,31). The summed E-state index contributed by atoms with van der Waals surface area (Å²) in [6.45, 7) is 0.666. The largest absolute Gasteiger partial charge is 0.366 e. The van der Waals surface area contributed by atoms with Crippen LogP contribution in [0, 0.1) is 5.82 Å². The SMILES string of the molecule is CSc1nc(-c2ccnc(NCc3cccc4ccccc34)c2)c(-c2ccc(F)cc2)[nH]1.